The van der Waals surface area contributed by atoms with E-state index in [0.29, 0.717) is 18.7 Å². The van der Waals surface area contributed by atoms with E-state index in [1.54, 1.807) is 0 Å². The maximum atomic E-state index is 9.33. The number of aliphatic hydroxyl groups excluding tert-OH is 1. The van der Waals surface area contributed by atoms with Gasteiger partial charge < -0.3 is 10.0 Å². The van der Waals surface area contributed by atoms with Gasteiger partial charge in [0.15, 0.2) is 0 Å². The van der Waals surface area contributed by atoms with Crippen molar-refractivity contribution >= 4 is 0 Å². The Bertz CT molecular complexity index is 241. The normalized spacial score (nSPS) is 33.5. The molecule has 0 aromatic carbocycles. The van der Waals surface area contributed by atoms with Gasteiger partial charge in [-0.05, 0) is 39.7 Å². The third kappa shape index (κ3) is 3.46. The minimum atomic E-state index is 0.329. The van der Waals surface area contributed by atoms with E-state index in [0.717, 1.165) is 19.0 Å². The lowest BCUT2D eigenvalue weighted by atomic mass is 9.92. The maximum Gasteiger partial charge on any atom is 0.0446 e. The van der Waals surface area contributed by atoms with E-state index in [1.165, 1.54) is 45.1 Å². The number of nitrogens with zero attached hydrogens (tertiary/aromatic N) is 2. The van der Waals surface area contributed by atoms with Gasteiger partial charge in [-0.25, -0.2) is 0 Å². The Morgan fingerprint density at radius 2 is 1.83 bits per heavy atom. The topological polar surface area (TPSA) is 26.7 Å². The first-order valence-electron chi connectivity index (χ1n) is 7.79. The minimum Gasteiger partial charge on any atom is -0.396 e. The van der Waals surface area contributed by atoms with Crippen molar-refractivity contribution < 1.29 is 5.11 Å². The Morgan fingerprint density at radius 3 is 2.50 bits per heavy atom. The van der Waals surface area contributed by atoms with Crippen molar-refractivity contribution in [2.75, 3.05) is 26.7 Å². The van der Waals surface area contributed by atoms with Crippen LogP contribution in [0.3, 0.4) is 0 Å². The number of hydrogen-bond donors (Lipinski definition) is 1. The van der Waals surface area contributed by atoms with Gasteiger partial charge in [0, 0.05) is 37.8 Å². The van der Waals surface area contributed by atoms with Crippen molar-refractivity contribution in [2.24, 2.45) is 0 Å². The van der Waals surface area contributed by atoms with Gasteiger partial charge in [-0.15, -0.1) is 0 Å². The van der Waals surface area contributed by atoms with Crippen LogP contribution in [-0.2, 0) is 0 Å². The van der Waals surface area contributed by atoms with Crippen molar-refractivity contribution in [3.63, 3.8) is 0 Å². The predicted molar refractivity (Wildman–Crippen MR) is 75.8 cm³/mol. The van der Waals surface area contributed by atoms with Gasteiger partial charge >= 0.3 is 0 Å². The summed E-state index contributed by atoms with van der Waals surface area (Å²) in [5.41, 5.74) is 0. The zero-order valence-electron chi connectivity index (χ0n) is 12.1. The summed E-state index contributed by atoms with van der Waals surface area (Å²) < 4.78 is 0. The molecule has 0 spiro atoms. The molecule has 0 bridgehead atoms. The zero-order chi connectivity index (χ0) is 13.0. The summed E-state index contributed by atoms with van der Waals surface area (Å²) in [7, 11) is 2.24. The largest absolute Gasteiger partial charge is 0.396 e. The molecule has 2 fully saturated rings. The summed E-state index contributed by atoms with van der Waals surface area (Å²) in [6.45, 7) is 5.01. The lowest BCUT2D eigenvalue weighted by Crippen LogP contribution is -2.47. The highest BCUT2D eigenvalue weighted by molar-refractivity contribution is 4.87. The quantitative estimate of drug-likeness (QED) is 0.835. The monoisotopic (exact) mass is 254 g/mol. The van der Waals surface area contributed by atoms with Crippen LogP contribution in [-0.4, -0.2) is 59.8 Å². The molecular weight excluding hydrogens is 224 g/mol. The molecule has 0 aromatic heterocycles. The Labute approximate surface area is 112 Å². The summed E-state index contributed by atoms with van der Waals surface area (Å²) >= 11 is 0. The van der Waals surface area contributed by atoms with Gasteiger partial charge in [0.05, 0.1) is 0 Å². The van der Waals surface area contributed by atoms with Crippen molar-refractivity contribution in [1.82, 2.24) is 9.80 Å². The van der Waals surface area contributed by atoms with Crippen LogP contribution < -0.4 is 0 Å². The van der Waals surface area contributed by atoms with Crippen molar-refractivity contribution in [3.05, 3.63) is 0 Å². The van der Waals surface area contributed by atoms with Gasteiger partial charge in [0.25, 0.3) is 0 Å². The summed E-state index contributed by atoms with van der Waals surface area (Å²) in [6, 6.07) is 2.03. The molecule has 2 aliphatic rings. The van der Waals surface area contributed by atoms with Crippen molar-refractivity contribution in [2.45, 2.75) is 70.0 Å². The van der Waals surface area contributed by atoms with Gasteiger partial charge in [0.2, 0.25) is 0 Å². The van der Waals surface area contributed by atoms with E-state index in [9.17, 15) is 5.11 Å². The fraction of sp³-hybridized carbons (Fsp3) is 1.00. The van der Waals surface area contributed by atoms with Crippen LogP contribution >= 0.6 is 0 Å². The fourth-order valence-electron chi connectivity index (χ4n) is 3.66. The molecular formula is C15H30N2O. The average molecular weight is 254 g/mol. The second-order valence-electron chi connectivity index (χ2n) is 6.27. The lowest BCUT2D eigenvalue weighted by molar-refractivity contribution is 0.0851. The summed E-state index contributed by atoms with van der Waals surface area (Å²) in [5.74, 6) is 0. The van der Waals surface area contributed by atoms with E-state index in [2.05, 4.69) is 23.8 Å². The third-order valence-corrected chi connectivity index (χ3v) is 5.03. The van der Waals surface area contributed by atoms with Crippen LogP contribution in [0.25, 0.3) is 0 Å². The van der Waals surface area contributed by atoms with E-state index in [1.807, 2.05) is 0 Å². The molecule has 1 saturated carbocycles. The standard InChI is InChI=1S/C15H30N2O/c1-13-8-10-17(14-6-4-3-5-7-14)15(9-11-18)12-16(13)2/h13-15,18H,3-12H2,1-2H3. The smallest absolute Gasteiger partial charge is 0.0446 e. The van der Waals surface area contributed by atoms with Crippen molar-refractivity contribution in [3.8, 4) is 0 Å². The van der Waals surface area contributed by atoms with Crippen molar-refractivity contribution in [1.29, 1.82) is 0 Å². The second kappa shape index (κ2) is 6.88. The van der Waals surface area contributed by atoms with E-state index in [4.69, 9.17) is 0 Å². The number of likely N-dealkylation sites (N-methyl/N-ethyl adjacent to an activating group) is 1. The number of hydrogen-bond acceptors (Lipinski definition) is 3. The summed E-state index contributed by atoms with van der Waals surface area (Å²) in [6.07, 6.45) is 9.19. The Hall–Kier alpha value is -0.120. The van der Waals surface area contributed by atoms with Gasteiger partial charge in [-0.2, -0.15) is 0 Å². The van der Waals surface area contributed by atoms with Gasteiger partial charge in [-0.1, -0.05) is 19.3 Å². The second-order valence-corrected chi connectivity index (χ2v) is 6.27. The van der Waals surface area contributed by atoms with Crippen LogP contribution in [0.1, 0.15) is 51.9 Å². The fourth-order valence-corrected chi connectivity index (χ4v) is 3.66. The molecule has 18 heavy (non-hydrogen) atoms. The molecule has 1 aliphatic carbocycles. The molecule has 0 aromatic rings. The van der Waals surface area contributed by atoms with Gasteiger partial charge in [-0.3, -0.25) is 4.90 Å². The highest BCUT2D eigenvalue weighted by Gasteiger charge is 2.31. The molecule has 2 unspecified atom stereocenters. The van der Waals surface area contributed by atoms with Crippen LogP contribution in [0.5, 0.6) is 0 Å². The molecule has 0 amide bonds. The first-order valence-corrected chi connectivity index (χ1v) is 7.79. The van der Waals surface area contributed by atoms with Crippen LogP contribution in [0.4, 0.5) is 0 Å². The molecule has 2 atom stereocenters. The molecule has 1 N–H and O–H groups in total. The molecule has 1 heterocycles. The minimum absolute atomic E-state index is 0.329. The Balaban J connectivity index is 2.03. The Morgan fingerprint density at radius 1 is 1.11 bits per heavy atom. The Kier molecular flexibility index (Phi) is 5.46. The van der Waals surface area contributed by atoms with Crippen LogP contribution in [0.2, 0.25) is 0 Å². The van der Waals surface area contributed by atoms with E-state index in [-0.39, 0.29) is 0 Å². The summed E-state index contributed by atoms with van der Waals surface area (Å²) in [4.78, 5) is 5.21. The first-order chi connectivity index (χ1) is 8.72. The van der Waals surface area contributed by atoms with E-state index >= 15 is 0 Å². The number of rotatable bonds is 3. The maximum absolute atomic E-state index is 9.33. The zero-order valence-corrected chi connectivity index (χ0v) is 12.1. The van der Waals surface area contributed by atoms with Crippen LogP contribution in [0, 0.1) is 0 Å². The predicted octanol–water partition coefficient (Wildman–Crippen LogP) is 2.10. The van der Waals surface area contributed by atoms with Crippen LogP contribution in [0.15, 0.2) is 0 Å². The average Bonchev–Trinajstić information content (AvgIpc) is 2.52. The number of aliphatic hydroxyl groups is 1. The van der Waals surface area contributed by atoms with Gasteiger partial charge in [0.1, 0.15) is 0 Å². The summed E-state index contributed by atoms with van der Waals surface area (Å²) in [5, 5.41) is 9.33. The molecule has 2 rings (SSSR count). The molecule has 1 saturated heterocycles. The highest BCUT2D eigenvalue weighted by Crippen LogP contribution is 2.27. The highest BCUT2D eigenvalue weighted by atomic mass is 16.3. The molecule has 0 radical (unpaired) electrons. The molecule has 106 valence electrons. The first kappa shape index (κ1) is 14.3. The van der Waals surface area contributed by atoms with E-state index < -0.39 is 0 Å². The molecule has 1 aliphatic heterocycles. The lowest BCUT2D eigenvalue weighted by Gasteiger charge is -2.39. The molecule has 3 heteroatoms. The SMILES string of the molecule is CC1CCN(C2CCCCC2)C(CCO)CN1C. The molecule has 3 nitrogen and oxygen atoms in total. The third-order valence-electron chi connectivity index (χ3n) is 5.03.